The lowest BCUT2D eigenvalue weighted by atomic mass is 10.0. The lowest BCUT2D eigenvalue weighted by Gasteiger charge is -2.46. The molecule has 1 aromatic rings. The highest BCUT2D eigenvalue weighted by Gasteiger charge is 2.34. The lowest BCUT2D eigenvalue weighted by Crippen LogP contribution is -2.56. The molecule has 0 unspecified atom stereocenters. The van der Waals surface area contributed by atoms with Crippen LogP contribution in [0.25, 0.3) is 0 Å². The summed E-state index contributed by atoms with van der Waals surface area (Å²) >= 11 is 0. The van der Waals surface area contributed by atoms with Crippen LogP contribution in [-0.4, -0.2) is 30.6 Å². The second kappa shape index (κ2) is 4.79. The van der Waals surface area contributed by atoms with Gasteiger partial charge in [0, 0.05) is 18.6 Å². The average molecular weight is 232 g/mol. The smallest absolute Gasteiger partial charge is 0.0294 e. The number of nitrogens with zero attached hydrogens (tertiary/aromatic N) is 1. The molecule has 17 heavy (non-hydrogen) atoms. The molecule has 2 bridgehead atoms. The van der Waals surface area contributed by atoms with E-state index in [0.29, 0.717) is 12.1 Å². The molecular formula is C15H22N2. The van der Waals surface area contributed by atoms with Crippen molar-refractivity contribution >= 4 is 0 Å². The third-order valence-corrected chi connectivity index (χ3v) is 4.42. The van der Waals surface area contributed by atoms with Gasteiger partial charge in [0.15, 0.2) is 0 Å². The first-order chi connectivity index (χ1) is 8.33. The van der Waals surface area contributed by atoms with Crippen molar-refractivity contribution in [2.75, 3.05) is 19.6 Å². The van der Waals surface area contributed by atoms with Gasteiger partial charge in [-0.1, -0.05) is 30.3 Å². The van der Waals surface area contributed by atoms with Crippen LogP contribution >= 0.6 is 0 Å². The van der Waals surface area contributed by atoms with E-state index < -0.39 is 0 Å². The molecule has 3 heterocycles. The maximum Gasteiger partial charge on any atom is 0.0294 e. The van der Waals surface area contributed by atoms with E-state index >= 15 is 0 Å². The van der Waals surface area contributed by atoms with Crippen LogP contribution in [0.4, 0.5) is 0 Å². The topological polar surface area (TPSA) is 15.3 Å². The van der Waals surface area contributed by atoms with Crippen molar-refractivity contribution in [1.82, 2.24) is 10.2 Å². The molecule has 0 aromatic heterocycles. The van der Waals surface area contributed by atoms with Crippen molar-refractivity contribution in [3.8, 4) is 0 Å². The molecule has 0 amide bonds. The molecule has 0 aliphatic carbocycles. The molecule has 0 spiro atoms. The summed E-state index contributed by atoms with van der Waals surface area (Å²) in [4.78, 5) is 2.61. The summed E-state index contributed by atoms with van der Waals surface area (Å²) in [7, 11) is 0. The Bertz CT molecular complexity index is 354. The zero-order valence-corrected chi connectivity index (χ0v) is 10.6. The van der Waals surface area contributed by atoms with Crippen LogP contribution in [0.5, 0.6) is 0 Å². The molecule has 1 aromatic carbocycles. The van der Waals surface area contributed by atoms with Gasteiger partial charge in [-0.3, -0.25) is 0 Å². The first-order valence-corrected chi connectivity index (χ1v) is 6.86. The zero-order chi connectivity index (χ0) is 11.7. The fourth-order valence-corrected chi connectivity index (χ4v) is 3.31. The van der Waals surface area contributed by atoms with Gasteiger partial charge in [-0.05, 0) is 44.3 Å². The van der Waals surface area contributed by atoms with Gasteiger partial charge in [-0.2, -0.15) is 0 Å². The summed E-state index contributed by atoms with van der Waals surface area (Å²) in [6.07, 6.45) is 2.78. The van der Waals surface area contributed by atoms with Crippen LogP contribution in [0.15, 0.2) is 30.3 Å². The normalized spacial score (nSPS) is 33.6. The number of hydrogen-bond acceptors (Lipinski definition) is 2. The van der Waals surface area contributed by atoms with E-state index in [2.05, 4.69) is 47.5 Å². The second-order valence-electron chi connectivity index (χ2n) is 5.54. The molecule has 2 atom stereocenters. The van der Waals surface area contributed by atoms with E-state index in [9.17, 15) is 0 Å². The number of hydrogen-bond donors (Lipinski definition) is 1. The minimum atomic E-state index is 0.474. The van der Waals surface area contributed by atoms with Gasteiger partial charge in [0.1, 0.15) is 0 Å². The number of benzene rings is 1. The van der Waals surface area contributed by atoms with E-state index in [0.717, 1.165) is 5.92 Å². The molecule has 3 saturated heterocycles. The highest BCUT2D eigenvalue weighted by Crippen LogP contribution is 2.29. The van der Waals surface area contributed by atoms with Gasteiger partial charge in [-0.15, -0.1) is 0 Å². The maximum absolute atomic E-state index is 3.82. The van der Waals surface area contributed by atoms with Crippen LogP contribution in [-0.2, 0) is 0 Å². The molecule has 0 saturated carbocycles. The third-order valence-electron chi connectivity index (χ3n) is 4.42. The zero-order valence-electron chi connectivity index (χ0n) is 10.6. The Hall–Kier alpha value is -0.860. The molecule has 4 rings (SSSR count). The van der Waals surface area contributed by atoms with Crippen molar-refractivity contribution in [2.24, 2.45) is 5.92 Å². The summed E-state index contributed by atoms with van der Waals surface area (Å²) in [5.41, 5.74) is 1.41. The van der Waals surface area contributed by atoms with E-state index in [1.165, 1.54) is 38.0 Å². The highest BCUT2D eigenvalue weighted by atomic mass is 15.6. The molecule has 3 aliphatic rings. The minimum Gasteiger partial charge on any atom is -0.306 e. The van der Waals surface area contributed by atoms with Crippen molar-refractivity contribution in [3.63, 3.8) is 0 Å². The van der Waals surface area contributed by atoms with Crippen molar-refractivity contribution in [3.05, 3.63) is 35.9 Å². The summed E-state index contributed by atoms with van der Waals surface area (Å²) in [5, 5.41) is 3.82. The van der Waals surface area contributed by atoms with E-state index in [-0.39, 0.29) is 0 Å². The monoisotopic (exact) mass is 232 g/mol. The van der Waals surface area contributed by atoms with E-state index in [4.69, 9.17) is 0 Å². The fourth-order valence-electron chi connectivity index (χ4n) is 3.31. The SMILES string of the molecule is C[C@@H](N[14C@@H]1CN2CCC1CC2)c1ccccc1. The summed E-state index contributed by atoms with van der Waals surface area (Å²) in [6.45, 7) is 6.18. The first kappa shape index (κ1) is 11.2. The van der Waals surface area contributed by atoms with Crippen LogP contribution in [0, 0.1) is 5.92 Å². The van der Waals surface area contributed by atoms with Gasteiger partial charge >= 0.3 is 0 Å². The number of rotatable bonds is 3. The molecular weight excluding hydrogens is 210 g/mol. The molecule has 92 valence electrons. The number of piperidine rings is 3. The molecule has 2 nitrogen and oxygen atoms in total. The van der Waals surface area contributed by atoms with Gasteiger partial charge in [-0.25, -0.2) is 0 Å². The molecule has 1 N–H and O–H groups in total. The Kier molecular flexibility index (Phi) is 3.17. The van der Waals surface area contributed by atoms with Crippen LogP contribution in [0.3, 0.4) is 0 Å². The molecule has 3 fully saturated rings. The summed E-state index contributed by atoms with van der Waals surface area (Å²) in [5.74, 6) is 0.908. The van der Waals surface area contributed by atoms with Crippen LogP contribution < -0.4 is 5.32 Å². The summed E-state index contributed by atoms with van der Waals surface area (Å²) in [6, 6.07) is 12.0. The van der Waals surface area contributed by atoms with Gasteiger partial charge in [0.25, 0.3) is 0 Å². The standard InChI is InChI=1S/C15H22N2/c1-12(13-5-3-2-4-6-13)16-15-11-17-9-7-14(15)8-10-17/h2-6,12,14-16H,7-11H2,1H3/t12-,15-/m1/s1/i15+2. The number of nitrogens with one attached hydrogen (secondary N) is 1. The van der Waals surface area contributed by atoms with E-state index in [1.54, 1.807) is 0 Å². The molecule has 3 aliphatic heterocycles. The minimum absolute atomic E-state index is 0.474. The Morgan fingerprint density at radius 1 is 1.24 bits per heavy atom. The van der Waals surface area contributed by atoms with Crippen molar-refractivity contribution in [1.29, 1.82) is 0 Å². The van der Waals surface area contributed by atoms with Gasteiger partial charge in [0.05, 0.1) is 0 Å². The first-order valence-electron chi connectivity index (χ1n) is 6.86. The Morgan fingerprint density at radius 3 is 2.53 bits per heavy atom. The third kappa shape index (κ3) is 2.38. The lowest BCUT2D eigenvalue weighted by molar-refractivity contribution is 0.0680. The van der Waals surface area contributed by atoms with E-state index in [1.807, 2.05) is 0 Å². The number of fused-ring (bicyclic) bond motifs is 3. The second-order valence-corrected chi connectivity index (χ2v) is 5.54. The van der Waals surface area contributed by atoms with Gasteiger partial charge in [0.2, 0.25) is 0 Å². The highest BCUT2D eigenvalue weighted by molar-refractivity contribution is 5.18. The molecule has 2 heteroatoms. The largest absolute Gasteiger partial charge is 0.306 e. The quantitative estimate of drug-likeness (QED) is 0.861. The predicted molar refractivity (Wildman–Crippen MR) is 70.9 cm³/mol. The maximum atomic E-state index is 3.82. The van der Waals surface area contributed by atoms with Crippen LogP contribution in [0.1, 0.15) is 31.4 Å². The average Bonchev–Trinajstić information content (AvgIpc) is 2.41. The van der Waals surface area contributed by atoms with Gasteiger partial charge < -0.3 is 10.2 Å². The Morgan fingerprint density at radius 2 is 1.94 bits per heavy atom. The van der Waals surface area contributed by atoms with Crippen molar-refractivity contribution in [2.45, 2.75) is 31.8 Å². The van der Waals surface area contributed by atoms with Crippen LogP contribution in [0.2, 0.25) is 0 Å². The Balaban J connectivity index is 1.64. The fraction of sp³-hybridized carbons (Fsp3) is 0.600. The predicted octanol–water partition coefficient (Wildman–Crippen LogP) is 2.43. The summed E-state index contributed by atoms with van der Waals surface area (Å²) < 4.78 is 0. The molecule has 0 radical (unpaired) electrons. The van der Waals surface area contributed by atoms with Crippen molar-refractivity contribution < 1.29 is 0 Å². The Labute approximate surface area is 104 Å².